The van der Waals surface area contributed by atoms with Gasteiger partial charge in [-0.05, 0) is 12.1 Å². The topological polar surface area (TPSA) is 73.3 Å². The Bertz CT molecular complexity index is 596. The van der Waals surface area contributed by atoms with Crippen LogP contribution < -0.4 is 5.59 Å². The molecule has 1 heterocycles. The Hall–Kier alpha value is -1.59. The van der Waals surface area contributed by atoms with Gasteiger partial charge in [-0.15, -0.1) is 0 Å². The van der Waals surface area contributed by atoms with E-state index in [1.54, 1.807) is 24.3 Å². The molecule has 2 aromatic rings. The average Bonchev–Trinajstić information content (AvgIpc) is 2.70. The summed E-state index contributed by atoms with van der Waals surface area (Å²) in [5, 5.41) is 19.0. The Balaban J connectivity index is 2.62. The van der Waals surface area contributed by atoms with Crippen LogP contribution in [0.4, 0.5) is 0 Å². The number of H-pyrrole nitrogens is 1. The van der Waals surface area contributed by atoms with Gasteiger partial charge in [-0.3, -0.25) is 4.79 Å². The Labute approximate surface area is 106 Å². The summed E-state index contributed by atoms with van der Waals surface area (Å²) in [6.07, 6.45) is 0. The lowest BCUT2D eigenvalue weighted by Crippen LogP contribution is -2.30. The molecule has 0 radical (unpaired) electrons. The number of ketones is 1. The van der Waals surface area contributed by atoms with Gasteiger partial charge in [0.1, 0.15) is 0 Å². The molecule has 2 rings (SSSR count). The van der Waals surface area contributed by atoms with Crippen LogP contribution >= 0.6 is 0 Å². The zero-order chi connectivity index (χ0) is 13.5. The average molecular weight is 245 g/mol. The molecule has 0 amide bonds. The molecular weight excluding hydrogens is 229 g/mol. The van der Waals surface area contributed by atoms with Gasteiger partial charge < -0.3 is 15.0 Å². The summed E-state index contributed by atoms with van der Waals surface area (Å²) < 4.78 is 0. The molecule has 0 saturated carbocycles. The molecule has 3 N–H and O–H groups in total. The van der Waals surface area contributed by atoms with Crippen molar-refractivity contribution in [2.45, 2.75) is 20.8 Å². The van der Waals surface area contributed by atoms with Crippen molar-refractivity contribution in [2.24, 2.45) is 5.41 Å². The molecule has 0 aliphatic rings. The number of rotatable bonds is 2. The minimum Gasteiger partial charge on any atom is -0.422 e. The van der Waals surface area contributed by atoms with Crippen LogP contribution in [0.1, 0.15) is 31.1 Å². The highest BCUT2D eigenvalue weighted by Crippen LogP contribution is 2.25. The first-order valence-corrected chi connectivity index (χ1v) is 5.83. The van der Waals surface area contributed by atoms with Crippen LogP contribution in [0, 0.1) is 5.41 Å². The molecule has 0 aliphatic heterocycles. The second-order valence-electron chi connectivity index (χ2n) is 5.44. The molecule has 0 aliphatic carbocycles. The molecule has 4 nitrogen and oxygen atoms in total. The van der Waals surface area contributed by atoms with E-state index in [0.717, 1.165) is 10.9 Å². The molecule has 1 aromatic carbocycles. The van der Waals surface area contributed by atoms with E-state index in [1.807, 2.05) is 20.8 Å². The Kier molecular flexibility index (Phi) is 3.05. The molecule has 0 spiro atoms. The van der Waals surface area contributed by atoms with Crippen molar-refractivity contribution >= 4 is 29.4 Å². The largest absolute Gasteiger partial charge is 0.505 e. The van der Waals surface area contributed by atoms with Crippen molar-refractivity contribution in [3.8, 4) is 0 Å². The van der Waals surface area contributed by atoms with E-state index in [0.29, 0.717) is 11.2 Å². The third kappa shape index (κ3) is 2.19. The first-order chi connectivity index (χ1) is 8.30. The summed E-state index contributed by atoms with van der Waals surface area (Å²) >= 11 is 0. The lowest BCUT2D eigenvalue weighted by molar-refractivity contribution is 0.0860. The molecule has 0 atom stereocenters. The number of Topliss-reactive ketones (excluding diaryl/α,β-unsaturated/α-hetero) is 1. The van der Waals surface area contributed by atoms with E-state index in [4.69, 9.17) is 10.0 Å². The number of carbonyl (C=O) groups excluding carboxylic acids is 1. The molecule has 5 heteroatoms. The van der Waals surface area contributed by atoms with E-state index < -0.39 is 12.5 Å². The standard InChI is InChI=1S/C13H16BNO3/c1-13(2,3)12(16)8-5-4-6-10-9(8)7-11(15-10)14(17)18/h4-7,15,17-18H,1-3H3. The predicted molar refractivity (Wildman–Crippen MR) is 71.9 cm³/mol. The molecule has 0 bridgehead atoms. The van der Waals surface area contributed by atoms with Crippen molar-refractivity contribution in [1.29, 1.82) is 0 Å². The van der Waals surface area contributed by atoms with E-state index >= 15 is 0 Å². The van der Waals surface area contributed by atoms with Gasteiger partial charge in [0, 0.05) is 27.5 Å². The summed E-state index contributed by atoms with van der Waals surface area (Å²) in [5.74, 6) is 0.0334. The predicted octanol–water partition coefficient (Wildman–Crippen LogP) is 1.08. The van der Waals surface area contributed by atoms with Crippen LogP contribution in [0.15, 0.2) is 24.3 Å². The van der Waals surface area contributed by atoms with Crippen LogP contribution in [0.3, 0.4) is 0 Å². The molecular formula is C13H16BNO3. The van der Waals surface area contributed by atoms with Crippen LogP contribution in [-0.4, -0.2) is 27.9 Å². The molecule has 0 fully saturated rings. The smallest absolute Gasteiger partial charge is 0.422 e. The minimum absolute atomic E-state index is 0.0334. The Morgan fingerprint density at radius 1 is 1.28 bits per heavy atom. The summed E-state index contributed by atoms with van der Waals surface area (Å²) in [6, 6.07) is 6.96. The fourth-order valence-electron chi connectivity index (χ4n) is 1.92. The second kappa shape index (κ2) is 4.26. The van der Waals surface area contributed by atoms with Crippen molar-refractivity contribution < 1.29 is 14.8 Å². The maximum absolute atomic E-state index is 12.3. The molecule has 94 valence electrons. The Morgan fingerprint density at radius 3 is 2.50 bits per heavy atom. The van der Waals surface area contributed by atoms with Gasteiger partial charge in [0.05, 0.1) is 0 Å². The third-order valence-corrected chi connectivity index (χ3v) is 2.89. The van der Waals surface area contributed by atoms with Gasteiger partial charge in [-0.25, -0.2) is 0 Å². The second-order valence-corrected chi connectivity index (χ2v) is 5.44. The zero-order valence-corrected chi connectivity index (χ0v) is 10.7. The van der Waals surface area contributed by atoms with E-state index in [2.05, 4.69) is 4.98 Å². The lowest BCUT2D eigenvalue weighted by Gasteiger charge is -2.17. The quantitative estimate of drug-likeness (QED) is 0.547. The number of nitrogens with one attached hydrogen (secondary N) is 1. The van der Waals surface area contributed by atoms with Gasteiger partial charge in [0.25, 0.3) is 0 Å². The highest BCUT2D eigenvalue weighted by atomic mass is 16.4. The van der Waals surface area contributed by atoms with Crippen LogP contribution in [0.5, 0.6) is 0 Å². The molecule has 18 heavy (non-hydrogen) atoms. The number of aromatic nitrogens is 1. The zero-order valence-electron chi connectivity index (χ0n) is 10.7. The minimum atomic E-state index is -1.56. The molecule has 0 unspecified atom stereocenters. The molecule has 1 aromatic heterocycles. The van der Waals surface area contributed by atoms with Crippen molar-refractivity contribution in [3.05, 3.63) is 29.8 Å². The lowest BCUT2D eigenvalue weighted by atomic mass is 9.84. The van der Waals surface area contributed by atoms with E-state index in [9.17, 15) is 4.79 Å². The SMILES string of the molecule is CC(C)(C)C(=O)c1cccc2[nH]c(B(O)O)cc12. The van der Waals surface area contributed by atoms with Gasteiger partial charge in [0.2, 0.25) is 0 Å². The third-order valence-electron chi connectivity index (χ3n) is 2.89. The van der Waals surface area contributed by atoms with Gasteiger partial charge in [-0.1, -0.05) is 32.9 Å². The summed E-state index contributed by atoms with van der Waals surface area (Å²) in [6.45, 7) is 5.59. The number of hydrogen-bond donors (Lipinski definition) is 3. The maximum atomic E-state index is 12.3. The summed E-state index contributed by atoms with van der Waals surface area (Å²) in [5.41, 5.74) is 1.15. The first-order valence-electron chi connectivity index (χ1n) is 5.83. The highest BCUT2D eigenvalue weighted by molar-refractivity contribution is 6.58. The number of benzene rings is 1. The maximum Gasteiger partial charge on any atom is 0.505 e. The van der Waals surface area contributed by atoms with Gasteiger partial charge in [-0.2, -0.15) is 0 Å². The molecule has 0 saturated heterocycles. The van der Waals surface area contributed by atoms with Gasteiger partial charge in [0.15, 0.2) is 5.78 Å². The first kappa shape index (κ1) is 12.9. The number of aromatic amines is 1. The van der Waals surface area contributed by atoms with Crippen LogP contribution in [0.2, 0.25) is 0 Å². The normalized spacial score (nSPS) is 11.8. The fourth-order valence-corrected chi connectivity index (χ4v) is 1.92. The monoisotopic (exact) mass is 245 g/mol. The highest BCUT2D eigenvalue weighted by Gasteiger charge is 2.25. The summed E-state index contributed by atoms with van der Waals surface area (Å²) in [4.78, 5) is 15.2. The van der Waals surface area contributed by atoms with Crippen LogP contribution in [0.25, 0.3) is 10.9 Å². The van der Waals surface area contributed by atoms with Gasteiger partial charge >= 0.3 is 7.12 Å². The Morgan fingerprint density at radius 2 is 1.94 bits per heavy atom. The van der Waals surface area contributed by atoms with Crippen molar-refractivity contribution in [1.82, 2.24) is 4.98 Å². The van der Waals surface area contributed by atoms with E-state index in [1.165, 1.54) is 0 Å². The fraction of sp³-hybridized carbons (Fsp3) is 0.308. The van der Waals surface area contributed by atoms with Crippen molar-refractivity contribution in [3.63, 3.8) is 0 Å². The van der Waals surface area contributed by atoms with E-state index in [-0.39, 0.29) is 5.78 Å². The number of fused-ring (bicyclic) bond motifs is 1. The van der Waals surface area contributed by atoms with Crippen molar-refractivity contribution in [2.75, 3.05) is 0 Å². The summed E-state index contributed by atoms with van der Waals surface area (Å²) in [7, 11) is -1.56. The van der Waals surface area contributed by atoms with Crippen LogP contribution in [-0.2, 0) is 0 Å². The number of hydrogen-bond acceptors (Lipinski definition) is 3. The number of carbonyl (C=O) groups is 1.